The Bertz CT molecular complexity index is 1050. The SMILES string of the molecule is CCOc1ccc2nc(NC3NC(=O)CC(c4ccccc4C)N3)nc(C)c2c1. The van der Waals surface area contributed by atoms with E-state index in [1.165, 1.54) is 0 Å². The number of anilines is 1. The molecule has 4 rings (SSSR count). The molecule has 7 nitrogen and oxygen atoms in total. The van der Waals surface area contributed by atoms with Crippen LogP contribution in [0.25, 0.3) is 10.9 Å². The van der Waals surface area contributed by atoms with Crippen LogP contribution in [0, 0.1) is 13.8 Å². The molecule has 2 heterocycles. The standard InChI is InChI=1S/C22H25N5O2/c1-4-29-15-9-10-18-17(11-15)14(3)23-21(24-18)27-22-25-19(12-20(28)26-22)16-8-6-5-7-13(16)2/h5-11,19,22,25H,4,12H2,1-3H3,(H,26,28)(H,23,24,27). The Hall–Kier alpha value is -3.19. The fourth-order valence-electron chi connectivity index (χ4n) is 3.67. The van der Waals surface area contributed by atoms with Gasteiger partial charge in [0.2, 0.25) is 11.9 Å². The molecular formula is C22H25N5O2. The summed E-state index contributed by atoms with van der Waals surface area (Å²) >= 11 is 0. The average molecular weight is 391 g/mol. The molecule has 3 N–H and O–H groups in total. The number of fused-ring (bicyclic) bond motifs is 1. The number of carbonyl (C=O) groups is 1. The van der Waals surface area contributed by atoms with Crippen LogP contribution in [0.3, 0.4) is 0 Å². The maximum atomic E-state index is 12.3. The highest BCUT2D eigenvalue weighted by atomic mass is 16.5. The molecule has 29 heavy (non-hydrogen) atoms. The molecule has 1 amide bonds. The third-order valence-corrected chi connectivity index (χ3v) is 5.07. The lowest BCUT2D eigenvalue weighted by atomic mass is 9.97. The van der Waals surface area contributed by atoms with Crippen LogP contribution in [-0.2, 0) is 4.79 Å². The number of benzene rings is 2. The van der Waals surface area contributed by atoms with Crippen molar-refractivity contribution in [1.29, 1.82) is 0 Å². The van der Waals surface area contributed by atoms with Crippen LogP contribution in [0.5, 0.6) is 5.75 Å². The van der Waals surface area contributed by atoms with Crippen molar-refractivity contribution in [3.05, 3.63) is 59.3 Å². The van der Waals surface area contributed by atoms with E-state index in [0.717, 1.165) is 33.5 Å². The lowest BCUT2D eigenvalue weighted by Gasteiger charge is -2.33. The van der Waals surface area contributed by atoms with Gasteiger partial charge in [0, 0.05) is 17.8 Å². The van der Waals surface area contributed by atoms with Crippen molar-refractivity contribution in [3.8, 4) is 5.75 Å². The third kappa shape index (κ3) is 4.14. The maximum absolute atomic E-state index is 12.3. The summed E-state index contributed by atoms with van der Waals surface area (Å²) in [6.45, 7) is 6.56. The van der Waals surface area contributed by atoms with Crippen molar-refractivity contribution >= 4 is 22.8 Å². The molecular weight excluding hydrogens is 366 g/mol. The highest BCUT2D eigenvalue weighted by Gasteiger charge is 2.28. The number of carbonyl (C=O) groups excluding carboxylic acids is 1. The van der Waals surface area contributed by atoms with E-state index in [1.807, 2.05) is 44.2 Å². The molecule has 1 aliphatic rings. The summed E-state index contributed by atoms with van der Waals surface area (Å²) in [6.07, 6.45) is -0.0682. The smallest absolute Gasteiger partial charge is 0.226 e. The second-order valence-electron chi connectivity index (χ2n) is 7.17. The molecule has 1 fully saturated rings. The molecule has 2 unspecified atom stereocenters. The molecule has 1 aromatic heterocycles. The van der Waals surface area contributed by atoms with Crippen molar-refractivity contribution in [3.63, 3.8) is 0 Å². The highest BCUT2D eigenvalue weighted by Crippen LogP contribution is 2.25. The van der Waals surface area contributed by atoms with Crippen molar-refractivity contribution in [2.45, 2.75) is 39.5 Å². The van der Waals surface area contributed by atoms with Crippen LogP contribution in [0.2, 0.25) is 0 Å². The van der Waals surface area contributed by atoms with Crippen LogP contribution in [-0.4, -0.2) is 28.8 Å². The number of ether oxygens (including phenoxy) is 1. The van der Waals surface area contributed by atoms with Crippen LogP contribution >= 0.6 is 0 Å². The van der Waals surface area contributed by atoms with Gasteiger partial charge in [-0.1, -0.05) is 24.3 Å². The highest BCUT2D eigenvalue weighted by molar-refractivity contribution is 5.83. The summed E-state index contributed by atoms with van der Waals surface area (Å²) in [4.78, 5) is 21.5. The van der Waals surface area contributed by atoms with Gasteiger partial charge in [0.25, 0.3) is 0 Å². The number of aryl methyl sites for hydroxylation is 2. The largest absolute Gasteiger partial charge is 0.494 e. The fraction of sp³-hybridized carbons (Fsp3) is 0.318. The molecule has 0 saturated carbocycles. The molecule has 0 aliphatic carbocycles. The second kappa shape index (κ2) is 8.05. The third-order valence-electron chi connectivity index (χ3n) is 5.07. The molecule has 150 valence electrons. The molecule has 1 aliphatic heterocycles. The van der Waals surface area contributed by atoms with Gasteiger partial charge in [-0.3, -0.25) is 10.1 Å². The number of hydrogen-bond donors (Lipinski definition) is 3. The van der Waals surface area contributed by atoms with E-state index < -0.39 is 6.29 Å². The van der Waals surface area contributed by atoms with Gasteiger partial charge < -0.3 is 15.4 Å². The van der Waals surface area contributed by atoms with E-state index in [2.05, 4.69) is 45.0 Å². The summed E-state index contributed by atoms with van der Waals surface area (Å²) < 4.78 is 5.57. The molecule has 3 aromatic rings. The lowest BCUT2D eigenvalue weighted by Crippen LogP contribution is -2.57. The first-order chi connectivity index (χ1) is 14.0. The number of amides is 1. The first kappa shape index (κ1) is 19.1. The Morgan fingerprint density at radius 2 is 2.00 bits per heavy atom. The monoisotopic (exact) mass is 391 g/mol. The first-order valence-electron chi connectivity index (χ1n) is 9.82. The first-order valence-corrected chi connectivity index (χ1v) is 9.82. The second-order valence-corrected chi connectivity index (χ2v) is 7.17. The van der Waals surface area contributed by atoms with Crippen LogP contribution in [0.4, 0.5) is 5.95 Å². The van der Waals surface area contributed by atoms with E-state index in [4.69, 9.17) is 4.74 Å². The van der Waals surface area contributed by atoms with Gasteiger partial charge in [-0.2, -0.15) is 0 Å². The summed E-state index contributed by atoms with van der Waals surface area (Å²) in [5, 5.41) is 10.5. The Labute approximate surface area is 169 Å². The predicted molar refractivity (Wildman–Crippen MR) is 113 cm³/mol. The Morgan fingerprint density at radius 1 is 1.17 bits per heavy atom. The van der Waals surface area contributed by atoms with Gasteiger partial charge >= 0.3 is 0 Å². The average Bonchev–Trinajstić information content (AvgIpc) is 2.68. The number of nitrogens with zero attached hydrogens (tertiary/aromatic N) is 2. The molecule has 0 bridgehead atoms. The predicted octanol–water partition coefficient (Wildman–Crippen LogP) is 3.19. The van der Waals surface area contributed by atoms with Crippen molar-refractivity contribution in [1.82, 2.24) is 20.6 Å². The Kier molecular flexibility index (Phi) is 5.31. The summed E-state index contributed by atoms with van der Waals surface area (Å²) in [5.74, 6) is 1.24. The van der Waals surface area contributed by atoms with E-state index in [-0.39, 0.29) is 11.9 Å². The Balaban J connectivity index is 1.56. The van der Waals surface area contributed by atoms with Crippen molar-refractivity contribution < 1.29 is 9.53 Å². The summed E-state index contributed by atoms with van der Waals surface area (Å²) in [6, 6.07) is 13.8. The quantitative estimate of drug-likeness (QED) is 0.619. The molecule has 2 atom stereocenters. The van der Waals surface area contributed by atoms with Crippen LogP contribution < -0.4 is 20.7 Å². The molecule has 1 saturated heterocycles. The normalized spacial score (nSPS) is 19.1. The number of rotatable bonds is 5. The lowest BCUT2D eigenvalue weighted by molar-refractivity contribution is -0.124. The minimum absolute atomic E-state index is 0.0200. The molecule has 2 aromatic carbocycles. The van der Waals surface area contributed by atoms with E-state index in [0.29, 0.717) is 19.0 Å². The molecule has 7 heteroatoms. The van der Waals surface area contributed by atoms with Gasteiger partial charge in [0.1, 0.15) is 5.75 Å². The van der Waals surface area contributed by atoms with Crippen molar-refractivity contribution in [2.24, 2.45) is 0 Å². The number of aromatic nitrogens is 2. The van der Waals surface area contributed by atoms with E-state index >= 15 is 0 Å². The molecule has 0 spiro atoms. The minimum atomic E-state index is -0.458. The van der Waals surface area contributed by atoms with Gasteiger partial charge in [-0.15, -0.1) is 0 Å². The summed E-state index contributed by atoms with van der Waals surface area (Å²) in [5.41, 5.74) is 3.94. The topological polar surface area (TPSA) is 88.2 Å². The zero-order valence-electron chi connectivity index (χ0n) is 16.8. The van der Waals surface area contributed by atoms with Crippen LogP contribution in [0.1, 0.15) is 36.2 Å². The van der Waals surface area contributed by atoms with Crippen LogP contribution in [0.15, 0.2) is 42.5 Å². The van der Waals surface area contributed by atoms with Gasteiger partial charge in [0.15, 0.2) is 6.29 Å². The summed E-state index contributed by atoms with van der Waals surface area (Å²) in [7, 11) is 0. The molecule has 0 radical (unpaired) electrons. The minimum Gasteiger partial charge on any atom is -0.494 e. The fourth-order valence-corrected chi connectivity index (χ4v) is 3.67. The zero-order chi connectivity index (χ0) is 20.4. The van der Waals surface area contributed by atoms with Gasteiger partial charge in [-0.25, -0.2) is 9.97 Å². The van der Waals surface area contributed by atoms with Gasteiger partial charge in [-0.05, 0) is 50.1 Å². The van der Waals surface area contributed by atoms with E-state index in [1.54, 1.807) is 0 Å². The van der Waals surface area contributed by atoms with Gasteiger partial charge in [0.05, 0.1) is 17.8 Å². The van der Waals surface area contributed by atoms with E-state index in [9.17, 15) is 4.79 Å². The zero-order valence-corrected chi connectivity index (χ0v) is 16.8. The maximum Gasteiger partial charge on any atom is 0.226 e. The Morgan fingerprint density at radius 3 is 2.79 bits per heavy atom. The van der Waals surface area contributed by atoms with Crippen molar-refractivity contribution in [2.75, 3.05) is 11.9 Å². The number of nitrogens with one attached hydrogen (secondary N) is 3. The number of hydrogen-bond acceptors (Lipinski definition) is 6.